The number of nitrogens with zero attached hydrogens (tertiary/aromatic N) is 2. The van der Waals surface area contributed by atoms with Gasteiger partial charge in [-0.3, -0.25) is 0 Å². The first-order valence-electron chi connectivity index (χ1n) is 5.20. The maximum atomic E-state index is 8.61. The summed E-state index contributed by atoms with van der Waals surface area (Å²) in [5.41, 5.74) is 7.96. The van der Waals surface area contributed by atoms with Crippen LogP contribution in [0.5, 0.6) is 0 Å². The molecule has 0 aliphatic carbocycles. The van der Waals surface area contributed by atoms with Crippen molar-refractivity contribution in [2.24, 2.45) is 0 Å². The van der Waals surface area contributed by atoms with E-state index in [2.05, 4.69) is 4.98 Å². The van der Waals surface area contributed by atoms with Crippen molar-refractivity contribution in [2.45, 2.75) is 6.42 Å². The lowest BCUT2D eigenvalue weighted by atomic mass is 10.1. The van der Waals surface area contributed by atoms with E-state index in [4.69, 9.17) is 34.2 Å². The lowest BCUT2D eigenvalue weighted by Gasteiger charge is -2.09. The largest absolute Gasteiger partial charge is 0.383 e. The maximum Gasteiger partial charge on any atom is 0.131 e. The Balaban J connectivity index is 2.52. The van der Waals surface area contributed by atoms with E-state index in [1.54, 1.807) is 24.3 Å². The fraction of sp³-hybridized carbons (Fsp3) is 0.0769. The van der Waals surface area contributed by atoms with Crippen molar-refractivity contribution in [3.8, 4) is 17.2 Å². The van der Waals surface area contributed by atoms with Gasteiger partial charge in [-0.1, -0.05) is 35.3 Å². The van der Waals surface area contributed by atoms with Gasteiger partial charge >= 0.3 is 0 Å². The summed E-state index contributed by atoms with van der Waals surface area (Å²) >= 11 is 12.1. The van der Waals surface area contributed by atoms with Crippen LogP contribution in [0.1, 0.15) is 5.69 Å². The second kappa shape index (κ2) is 5.26. The third kappa shape index (κ3) is 2.40. The number of aromatic nitrogens is 1. The molecule has 5 heteroatoms. The van der Waals surface area contributed by atoms with Crippen LogP contribution >= 0.6 is 23.2 Å². The van der Waals surface area contributed by atoms with Gasteiger partial charge in [0.25, 0.3) is 0 Å². The zero-order valence-corrected chi connectivity index (χ0v) is 10.8. The Kier molecular flexibility index (Phi) is 3.71. The fourth-order valence-electron chi connectivity index (χ4n) is 1.64. The second-order valence-electron chi connectivity index (χ2n) is 3.67. The minimum Gasteiger partial charge on any atom is -0.383 e. The zero-order valence-electron chi connectivity index (χ0n) is 9.32. The van der Waals surface area contributed by atoms with Gasteiger partial charge in [-0.15, -0.1) is 0 Å². The van der Waals surface area contributed by atoms with E-state index in [1.807, 2.05) is 12.1 Å². The van der Waals surface area contributed by atoms with Crippen LogP contribution in [-0.2, 0) is 6.42 Å². The number of hydrogen-bond donors (Lipinski definition) is 1. The molecule has 0 bridgehead atoms. The van der Waals surface area contributed by atoms with Crippen molar-refractivity contribution in [3.63, 3.8) is 0 Å². The lowest BCUT2D eigenvalue weighted by molar-refractivity contribution is 1.12. The standard InChI is InChI=1S/C13H9Cl2N3/c14-11-3-1-2-9(12(11)15)10-5-4-8(6-7-16)18-13(10)17/h1-5H,6H2,(H2,17,18). The molecule has 90 valence electrons. The number of pyridine rings is 1. The highest BCUT2D eigenvalue weighted by molar-refractivity contribution is 6.43. The summed E-state index contributed by atoms with van der Waals surface area (Å²) in [6.45, 7) is 0. The van der Waals surface area contributed by atoms with Crippen molar-refractivity contribution >= 4 is 29.0 Å². The van der Waals surface area contributed by atoms with Crippen LogP contribution in [0.4, 0.5) is 5.82 Å². The summed E-state index contributed by atoms with van der Waals surface area (Å²) in [6, 6.07) is 10.9. The van der Waals surface area contributed by atoms with Crippen molar-refractivity contribution < 1.29 is 0 Å². The Morgan fingerprint density at radius 2 is 1.94 bits per heavy atom. The molecule has 2 aromatic rings. The minimum atomic E-state index is 0.230. The van der Waals surface area contributed by atoms with Crippen molar-refractivity contribution in [3.05, 3.63) is 46.1 Å². The van der Waals surface area contributed by atoms with E-state index < -0.39 is 0 Å². The summed E-state index contributed by atoms with van der Waals surface area (Å²) in [4.78, 5) is 4.16. The third-order valence-electron chi connectivity index (χ3n) is 2.48. The number of hydrogen-bond acceptors (Lipinski definition) is 3. The number of nitriles is 1. The fourth-order valence-corrected chi connectivity index (χ4v) is 2.04. The molecule has 0 saturated carbocycles. The number of halogens is 2. The van der Waals surface area contributed by atoms with Gasteiger partial charge in [0.15, 0.2) is 0 Å². The molecule has 0 fully saturated rings. The first kappa shape index (κ1) is 12.7. The molecule has 1 heterocycles. The molecule has 1 aromatic carbocycles. The smallest absolute Gasteiger partial charge is 0.131 e. The van der Waals surface area contributed by atoms with Gasteiger partial charge in [0, 0.05) is 11.1 Å². The number of benzene rings is 1. The van der Waals surface area contributed by atoms with Crippen molar-refractivity contribution in [2.75, 3.05) is 5.73 Å². The number of anilines is 1. The molecule has 1 aromatic heterocycles. The molecule has 2 N–H and O–H groups in total. The van der Waals surface area contributed by atoms with E-state index in [0.717, 1.165) is 5.56 Å². The normalized spacial score (nSPS) is 10.1. The van der Waals surface area contributed by atoms with Crippen LogP contribution in [-0.4, -0.2) is 4.98 Å². The third-order valence-corrected chi connectivity index (χ3v) is 3.30. The van der Waals surface area contributed by atoms with Crippen LogP contribution < -0.4 is 5.73 Å². The Hall–Kier alpha value is -1.76. The summed E-state index contributed by atoms with van der Waals surface area (Å²) in [5.74, 6) is 0.340. The predicted molar refractivity (Wildman–Crippen MR) is 73.4 cm³/mol. The van der Waals surface area contributed by atoms with Gasteiger partial charge in [0.1, 0.15) is 5.82 Å². The lowest BCUT2D eigenvalue weighted by Crippen LogP contribution is -1.98. The van der Waals surface area contributed by atoms with Crippen LogP contribution in [0, 0.1) is 11.3 Å². The molecular formula is C13H9Cl2N3. The molecular weight excluding hydrogens is 269 g/mol. The SMILES string of the molecule is N#CCc1ccc(-c2cccc(Cl)c2Cl)c(N)n1. The molecule has 0 atom stereocenters. The van der Waals surface area contributed by atoms with Gasteiger partial charge in [-0.2, -0.15) is 5.26 Å². The molecule has 0 saturated heterocycles. The Bertz CT molecular complexity index is 633. The summed E-state index contributed by atoms with van der Waals surface area (Å²) < 4.78 is 0. The summed E-state index contributed by atoms with van der Waals surface area (Å²) in [6.07, 6.45) is 0.230. The average molecular weight is 278 g/mol. The molecule has 0 spiro atoms. The number of rotatable bonds is 2. The molecule has 3 nitrogen and oxygen atoms in total. The van der Waals surface area contributed by atoms with E-state index in [9.17, 15) is 0 Å². The highest BCUT2D eigenvalue weighted by Crippen LogP contribution is 2.35. The van der Waals surface area contributed by atoms with Crippen LogP contribution in [0.25, 0.3) is 11.1 Å². The molecule has 18 heavy (non-hydrogen) atoms. The van der Waals surface area contributed by atoms with E-state index in [-0.39, 0.29) is 6.42 Å². The van der Waals surface area contributed by atoms with Crippen molar-refractivity contribution in [1.82, 2.24) is 4.98 Å². The Morgan fingerprint density at radius 1 is 1.17 bits per heavy atom. The van der Waals surface area contributed by atoms with E-state index in [1.165, 1.54) is 0 Å². The second-order valence-corrected chi connectivity index (χ2v) is 4.46. The maximum absolute atomic E-state index is 8.61. The van der Waals surface area contributed by atoms with Gasteiger partial charge in [-0.25, -0.2) is 4.98 Å². The highest BCUT2D eigenvalue weighted by Gasteiger charge is 2.10. The van der Waals surface area contributed by atoms with Gasteiger partial charge in [0.05, 0.1) is 28.2 Å². The molecule has 0 amide bonds. The van der Waals surface area contributed by atoms with Crippen molar-refractivity contribution in [1.29, 1.82) is 5.26 Å². The van der Waals surface area contributed by atoms with Crippen LogP contribution in [0.3, 0.4) is 0 Å². The first-order valence-corrected chi connectivity index (χ1v) is 5.96. The summed E-state index contributed by atoms with van der Waals surface area (Å²) in [7, 11) is 0. The quantitative estimate of drug-likeness (QED) is 0.910. The van der Waals surface area contributed by atoms with Gasteiger partial charge in [0.2, 0.25) is 0 Å². The zero-order chi connectivity index (χ0) is 13.1. The van der Waals surface area contributed by atoms with Crippen LogP contribution in [0.2, 0.25) is 10.0 Å². The van der Waals surface area contributed by atoms with Gasteiger partial charge < -0.3 is 5.73 Å². The monoisotopic (exact) mass is 277 g/mol. The number of nitrogens with two attached hydrogens (primary N) is 1. The van der Waals surface area contributed by atoms with E-state index in [0.29, 0.717) is 27.1 Å². The summed E-state index contributed by atoms with van der Waals surface area (Å²) in [5, 5.41) is 9.52. The number of nitrogen functional groups attached to an aromatic ring is 1. The first-order chi connectivity index (χ1) is 8.63. The Morgan fingerprint density at radius 3 is 2.61 bits per heavy atom. The predicted octanol–water partition coefficient (Wildman–Crippen LogP) is 3.70. The molecule has 0 aliphatic rings. The van der Waals surface area contributed by atoms with Crippen LogP contribution in [0.15, 0.2) is 30.3 Å². The topological polar surface area (TPSA) is 62.7 Å². The molecule has 0 aliphatic heterocycles. The molecule has 0 unspecified atom stereocenters. The molecule has 0 radical (unpaired) electrons. The van der Waals surface area contributed by atoms with E-state index >= 15 is 0 Å². The average Bonchev–Trinajstić information content (AvgIpc) is 2.34. The Labute approximate surface area is 115 Å². The van der Waals surface area contributed by atoms with Gasteiger partial charge in [-0.05, 0) is 18.2 Å². The highest BCUT2D eigenvalue weighted by atomic mass is 35.5. The molecule has 2 rings (SSSR count). The minimum absolute atomic E-state index is 0.230.